The van der Waals surface area contributed by atoms with E-state index < -0.39 is 0 Å². The lowest BCUT2D eigenvalue weighted by atomic mass is 9.94. The van der Waals surface area contributed by atoms with Crippen molar-refractivity contribution in [2.24, 2.45) is 11.8 Å². The molecule has 1 rings (SSSR count). The van der Waals surface area contributed by atoms with Crippen molar-refractivity contribution in [1.82, 2.24) is 0 Å². The molecule has 1 fully saturated rings. The Labute approximate surface area is 71.4 Å². The second kappa shape index (κ2) is 4.79. The minimum Gasteiger partial charge on any atom is -0.0651 e. The van der Waals surface area contributed by atoms with E-state index in [9.17, 15) is 0 Å². The summed E-state index contributed by atoms with van der Waals surface area (Å²) in [5, 5.41) is 0. The molecular formula is C11H22. The molecule has 1 aliphatic carbocycles. The lowest BCUT2D eigenvalue weighted by Crippen LogP contribution is -1.98. The number of hydrogen-bond donors (Lipinski definition) is 0. The SMILES string of the molecule is CC[C@H](C)CCC1CCCC1. The molecule has 66 valence electrons. The van der Waals surface area contributed by atoms with Crippen LogP contribution >= 0.6 is 0 Å². The van der Waals surface area contributed by atoms with E-state index in [1.807, 2.05) is 0 Å². The number of hydrogen-bond acceptors (Lipinski definition) is 0. The second-order valence-corrected chi connectivity index (χ2v) is 4.24. The molecule has 0 spiro atoms. The Bertz CT molecular complexity index is 90.2. The van der Waals surface area contributed by atoms with Gasteiger partial charge in [-0.1, -0.05) is 58.8 Å². The molecule has 0 nitrogen and oxygen atoms in total. The van der Waals surface area contributed by atoms with Gasteiger partial charge in [-0.3, -0.25) is 0 Å². The summed E-state index contributed by atoms with van der Waals surface area (Å²) in [5.41, 5.74) is 0. The average Bonchev–Trinajstić information content (AvgIpc) is 2.52. The standard InChI is InChI=1S/C11H22/c1-3-10(2)8-9-11-6-4-5-7-11/h10-11H,3-9H2,1-2H3/t10-/m0/s1. The normalized spacial score (nSPS) is 22.4. The fourth-order valence-electron chi connectivity index (χ4n) is 2.02. The van der Waals surface area contributed by atoms with Crippen LogP contribution in [0.25, 0.3) is 0 Å². The fraction of sp³-hybridized carbons (Fsp3) is 1.00. The van der Waals surface area contributed by atoms with Crippen molar-refractivity contribution in [1.29, 1.82) is 0 Å². The molecule has 0 N–H and O–H groups in total. The van der Waals surface area contributed by atoms with Gasteiger partial charge in [-0.25, -0.2) is 0 Å². The Hall–Kier alpha value is 0. The molecule has 0 aliphatic heterocycles. The summed E-state index contributed by atoms with van der Waals surface area (Å²) in [6.45, 7) is 4.69. The second-order valence-electron chi connectivity index (χ2n) is 4.24. The molecule has 1 saturated carbocycles. The van der Waals surface area contributed by atoms with Crippen molar-refractivity contribution in [3.63, 3.8) is 0 Å². The Balaban J connectivity index is 2.01. The van der Waals surface area contributed by atoms with Gasteiger partial charge in [-0.05, 0) is 11.8 Å². The predicted molar refractivity (Wildman–Crippen MR) is 50.6 cm³/mol. The molecule has 0 heterocycles. The van der Waals surface area contributed by atoms with Crippen LogP contribution in [-0.2, 0) is 0 Å². The van der Waals surface area contributed by atoms with Gasteiger partial charge in [-0.15, -0.1) is 0 Å². The Morgan fingerprint density at radius 1 is 1.27 bits per heavy atom. The van der Waals surface area contributed by atoms with E-state index in [-0.39, 0.29) is 0 Å². The maximum absolute atomic E-state index is 2.38. The molecule has 0 unspecified atom stereocenters. The summed E-state index contributed by atoms with van der Waals surface area (Å²) in [6, 6.07) is 0. The van der Waals surface area contributed by atoms with Crippen molar-refractivity contribution in [3.05, 3.63) is 0 Å². The summed E-state index contributed by atoms with van der Waals surface area (Å²) >= 11 is 0. The summed E-state index contributed by atoms with van der Waals surface area (Å²) in [7, 11) is 0. The van der Waals surface area contributed by atoms with Crippen LogP contribution in [0.2, 0.25) is 0 Å². The number of rotatable bonds is 4. The highest BCUT2D eigenvalue weighted by Gasteiger charge is 2.14. The van der Waals surface area contributed by atoms with E-state index in [1.54, 1.807) is 0 Å². The highest BCUT2D eigenvalue weighted by atomic mass is 14.2. The van der Waals surface area contributed by atoms with Crippen LogP contribution in [0.5, 0.6) is 0 Å². The topological polar surface area (TPSA) is 0 Å². The van der Waals surface area contributed by atoms with E-state index in [2.05, 4.69) is 13.8 Å². The molecule has 0 amide bonds. The van der Waals surface area contributed by atoms with Crippen molar-refractivity contribution >= 4 is 0 Å². The van der Waals surface area contributed by atoms with Gasteiger partial charge < -0.3 is 0 Å². The third kappa shape index (κ3) is 3.27. The van der Waals surface area contributed by atoms with Crippen molar-refractivity contribution in [2.45, 2.75) is 58.8 Å². The van der Waals surface area contributed by atoms with Gasteiger partial charge in [0.1, 0.15) is 0 Å². The Kier molecular flexibility index (Phi) is 3.96. The third-order valence-corrected chi connectivity index (χ3v) is 3.24. The Morgan fingerprint density at radius 3 is 2.45 bits per heavy atom. The molecule has 0 bridgehead atoms. The molecule has 0 radical (unpaired) electrons. The van der Waals surface area contributed by atoms with Gasteiger partial charge in [0.05, 0.1) is 0 Å². The molecule has 11 heavy (non-hydrogen) atoms. The van der Waals surface area contributed by atoms with Crippen LogP contribution in [0.3, 0.4) is 0 Å². The molecule has 0 aromatic carbocycles. The molecule has 0 aromatic rings. The highest BCUT2D eigenvalue weighted by Crippen LogP contribution is 2.30. The first-order valence-corrected chi connectivity index (χ1v) is 5.33. The zero-order valence-electron chi connectivity index (χ0n) is 8.10. The molecular weight excluding hydrogens is 132 g/mol. The first-order valence-electron chi connectivity index (χ1n) is 5.33. The molecule has 1 atom stereocenters. The van der Waals surface area contributed by atoms with Gasteiger partial charge >= 0.3 is 0 Å². The van der Waals surface area contributed by atoms with Crippen molar-refractivity contribution in [2.75, 3.05) is 0 Å². The summed E-state index contributed by atoms with van der Waals surface area (Å²) in [5.74, 6) is 2.07. The van der Waals surface area contributed by atoms with E-state index in [4.69, 9.17) is 0 Å². The molecule has 0 heteroatoms. The monoisotopic (exact) mass is 154 g/mol. The van der Waals surface area contributed by atoms with Gasteiger partial charge in [0.15, 0.2) is 0 Å². The molecule has 1 aliphatic rings. The van der Waals surface area contributed by atoms with E-state index in [1.165, 1.54) is 44.9 Å². The largest absolute Gasteiger partial charge is 0.0651 e. The van der Waals surface area contributed by atoms with Gasteiger partial charge in [0.25, 0.3) is 0 Å². The quantitative estimate of drug-likeness (QED) is 0.574. The maximum Gasteiger partial charge on any atom is -0.0414 e. The zero-order valence-corrected chi connectivity index (χ0v) is 8.10. The van der Waals surface area contributed by atoms with E-state index in [0.29, 0.717) is 0 Å². The van der Waals surface area contributed by atoms with Crippen molar-refractivity contribution in [3.8, 4) is 0 Å². The maximum atomic E-state index is 2.38. The van der Waals surface area contributed by atoms with Crippen LogP contribution in [0, 0.1) is 11.8 Å². The smallest absolute Gasteiger partial charge is 0.0414 e. The van der Waals surface area contributed by atoms with E-state index >= 15 is 0 Å². The zero-order chi connectivity index (χ0) is 8.10. The lowest BCUT2D eigenvalue weighted by molar-refractivity contribution is 0.409. The molecule has 0 aromatic heterocycles. The first-order chi connectivity index (χ1) is 5.33. The van der Waals surface area contributed by atoms with Crippen LogP contribution in [0.15, 0.2) is 0 Å². The third-order valence-electron chi connectivity index (χ3n) is 3.24. The minimum absolute atomic E-state index is 0.968. The predicted octanol–water partition coefficient (Wildman–Crippen LogP) is 4.00. The van der Waals surface area contributed by atoms with Crippen LogP contribution in [0.1, 0.15) is 58.8 Å². The first kappa shape index (κ1) is 9.09. The van der Waals surface area contributed by atoms with Gasteiger partial charge in [0.2, 0.25) is 0 Å². The van der Waals surface area contributed by atoms with Gasteiger partial charge in [-0.2, -0.15) is 0 Å². The van der Waals surface area contributed by atoms with Gasteiger partial charge in [0, 0.05) is 0 Å². The summed E-state index contributed by atoms with van der Waals surface area (Å²) in [4.78, 5) is 0. The molecule has 0 saturated heterocycles. The lowest BCUT2D eigenvalue weighted by Gasteiger charge is -2.12. The van der Waals surface area contributed by atoms with Crippen LogP contribution in [-0.4, -0.2) is 0 Å². The summed E-state index contributed by atoms with van der Waals surface area (Å²) in [6.07, 6.45) is 10.4. The average molecular weight is 154 g/mol. The van der Waals surface area contributed by atoms with Crippen LogP contribution in [0.4, 0.5) is 0 Å². The van der Waals surface area contributed by atoms with E-state index in [0.717, 1.165) is 11.8 Å². The fourth-order valence-corrected chi connectivity index (χ4v) is 2.02. The minimum atomic E-state index is 0.968. The van der Waals surface area contributed by atoms with Crippen molar-refractivity contribution < 1.29 is 0 Å². The Morgan fingerprint density at radius 2 is 1.91 bits per heavy atom. The van der Waals surface area contributed by atoms with Crippen LogP contribution < -0.4 is 0 Å². The summed E-state index contributed by atoms with van der Waals surface area (Å²) < 4.78 is 0. The highest BCUT2D eigenvalue weighted by molar-refractivity contribution is 4.68.